The molecule has 40 heavy (non-hydrogen) atoms. The Labute approximate surface area is 235 Å². The number of alkyl halides is 1. The monoisotopic (exact) mass is 597 g/mol. The van der Waals surface area contributed by atoms with E-state index in [0.717, 1.165) is 42.1 Å². The van der Waals surface area contributed by atoms with E-state index >= 15 is 0 Å². The molecule has 2 aliphatic heterocycles. The average molecular weight is 598 g/mol. The number of carbonyl (C=O) groups is 3. The highest BCUT2D eigenvalue weighted by atomic mass is 32.2. The number of β-lactam (4-membered cyclic amide) rings is 1. The number of nitrogen functional groups attached to an aromatic ring is 1. The number of nitrogens with zero attached hydrogens (tertiary/aromatic N) is 7. The summed E-state index contributed by atoms with van der Waals surface area (Å²) in [4.78, 5) is 51.7. The molecule has 3 aliphatic rings. The molecular weight excluding hydrogens is 569 g/mol. The fraction of sp³-hybridized carbons (Fsp3) is 0.524. The van der Waals surface area contributed by atoms with Crippen LogP contribution in [-0.2, 0) is 19.2 Å². The van der Waals surface area contributed by atoms with Gasteiger partial charge in [-0.05, 0) is 25.7 Å². The van der Waals surface area contributed by atoms with Crippen molar-refractivity contribution in [2.45, 2.75) is 49.2 Å². The second-order valence-corrected chi connectivity index (χ2v) is 10.9. The maximum atomic E-state index is 13.0. The number of aliphatic carboxylic acids is 1. The predicted octanol–water partition coefficient (Wildman–Crippen LogP) is -0.991. The highest BCUT2D eigenvalue weighted by molar-refractivity contribution is 8.00. The molecule has 2 fully saturated rings. The smallest absolute Gasteiger partial charge is 0.353 e. The first-order valence-corrected chi connectivity index (χ1v) is 13.9. The van der Waals surface area contributed by atoms with Gasteiger partial charge in [0.05, 0.1) is 12.3 Å². The first kappa shape index (κ1) is 29.2. The molecule has 1 aromatic heterocycles. The van der Waals surface area contributed by atoms with Crippen molar-refractivity contribution in [2.24, 2.45) is 26.7 Å². The van der Waals surface area contributed by atoms with Gasteiger partial charge in [-0.3, -0.25) is 14.5 Å². The Morgan fingerprint density at radius 3 is 2.70 bits per heavy atom. The molecule has 2 atom stereocenters. The molecule has 0 bridgehead atoms. The normalized spacial score (nSPS) is 25.5. The van der Waals surface area contributed by atoms with Crippen LogP contribution < -0.4 is 22.5 Å². The minimum Gasteiger partial charge on any atom is -0.477 e. The van der Waals surface area contributed by atoms with Gasteiger partial charge in [0.25, 0.3) is 18.7 Å². The molecule has 4 rings (SSSR count). The van der Waals surface area contributed by atoms with Crippen LogP contribution >= 0.6 is 23.3 Å². The number of anilines is 1. The molecule has 216 valence electrons. The molecule has 2 unspecified atom stereocenters. The van der Waals surface area contributed by atoms with Gasteiger partial charge in [0, 0.05) is 35.9 Å². The van der Waals surface area contributed by atoms with E-state index in [1.54, 1.807) is 7.05 Å². The van der Waals surface area contributed by atoms with E-state index in [-0.39, 0.29) is 46.0 Å². The number of aliphatic imine (C=N–C) groups is 1. The van der Waals surface area contributed by atoms with E-state index in [0.29, 0.717) is 0 Å². The Bertz CT molecular complexity index is 1280. The lowest BCUT2D eigenvalue weighted by molar-refractivity contribution is -0.150. The summed E-state index contributed by atoms with van der Waals surface area (Å²) in [6, 6.07) is -0.874. The highest BCUT2D eigenvalue weighted by Crippen LogP contribution is 2.40. The maximum Gasteiger partial charge on any atom is 0.353 e. The average Bonchev–Trinajstić information content (AvgIpc) is 3.36. The molecule has 2 amide bonds. The van der Waals surface area contributed by atoms with Gasteiger partial charge in [0.15, 0.2) is 5.13 Å². The summed E-state index contributed by atoms with van der Waals surface area (Å²) in [6.45, 7) is -1.32. The number of nitrogens with one attached hydrogen (secondary N) is 1. The number of aromatic nitrogens is 2. The summed E-state index contributed by atoms with van der Waals surface area (Å²) in [5.74, 6) is -2.80. The number of carboxylic acid groups (broad SMARTS) is 1. The van der Waals surface area contributed by atoms with Crippen molar-refractivity contribution < 1.29 is 28.7 Å². The van der Waals surface area contributed by atoms with Gasteiger partial charge < -0.3 is 32.5 Å². The van der Waals surface area contributed by atoms with E-state index in [9.17, 15) is 23.9 Å². The Morgan fingerprint density at radius 1 is 1.35 bits per heavy atom. The second-order valence-electron chi connectivity index (χ2n) is 9.00. The van der Waals surface area contributed by atoms with Gasteiger partial charge in [-0.1, -0.05) is 5.16 Å². The third-order valence-electron chi connectivity index (χ3n) is 6.33. The van der Waals surface area contributed by atoms with E-state index in [1.165, 1.54) is 23.0 Å². The van der Waals surface area contributed by atoms with Gasteiger partial charge >= 0.3 is 5.97 Å². The summed E-state index contributed by atoms with van der Waals surface area (Å²) in [5.41, 5.74) is 17.1. The summed E-state index contributed by atoms with van der Waals surface area (Å²) >= 11 is 2.00. The molecular formula is C21H28FN11O5S2. The van der Waals surface area contributed by atoms with Crippen molar-refractivity contribution in [3.63, 3.8) is 0 Å². The van der Waals surface area contributed by atoms with Crippen LogP contribution in [0.3, 0.4) is 0 Å². The number of thioether (sulfide) groups is 1. The van der Waals surface area contributed by atoms with Crippen molar-refractivity contribution in [3.05, 3.63) is 17.1 Å². The third kappa shape index (κ3) is 6.31. The molecule has 1 aromatic rings. The molecule has 8 N–H and O–H groups in total. The van der Waals surface area contributed by atoms with Crippen LogP contribution in [-0.4, -0.2) is 103 Å². The summed E-state index contributed by atoms with van der Waals surface area (Å²) in [5, 5.41) is 20.6. The van der Waals surface area contributed by atoms with Crippen molar-refractivity contribution in [1.29, 1.82) is 0 Å². The summed E-state index contributed by atoms with van der Waals surface area (Å²) < 4.78 is 16.4. The third-order valence-corrected chi connectivity index (χ3v) is 8.18. The summed E-state index contributed by atoms with van der Waals surface area (Å²) in [7, 11) is 1.58. The van der Waals surface area contributed by atoms with Gasteiger partial charge in [-0.25, -0.2) is 19.2 Å². The van der Waals surface area contributed by atoms with Crippen molar-refractivity contribution in [2.75, 3.05) is 25.4 Å². The maximum absolute atomic E-state index is 13.0. The number of carboxylic acids is 1. The molecule has 0 aromatic carbocycles. The lowest BCUT2D eigenvalue weighted by atomic mass is 9.92. The number of hydrogen-bond donors (Lipinski definition) is 5. The number of halogens is 1. The van der Waals surface area contributed by atoms with Crippen LogP contribution in [0.1, 0.15) is 31.5 Å². The van der Waals surface area contributed by atoms with Crippen LogP contribution in [0, 0.1) is 0 Å². The highest BCUT2D eigenvalue weighted by Gasteiger charge is 2.54. The van der Waals surface area contributed by atoms with Crippen molar-refractivity contribution in [3.8, 4) is 0 Å². The quantitative estimate of drug-likeness (QED) is 0.0997. The zero-order valence-corrected chi connectivity index (χ0v) is 22.9. The fourth-order valence-corrected chi connectivity index (χ4v) is 6.00. The Balaban J connectivity index is 1.46. The second kappa shape index (κ2) is 12.6. The number of nitrogens with two attached hydrogens (primary N) is 3. The molecule has 1 saturated carbocycles. The van der Waals surface area contributed by atoms with Crippen LogP contribution in [0.5, 0.6) is 0 Å². The number of fused-ring (bicyclic) bond motifs is 1. The molecule has 19 heteroatoms. The van der Waals surface area contributed by atoms with Crippen LogP contribution in [0.2, 0.25) is 0 Å². The SMILES string of the molecule is CN(/N=C/C1=C(C(=O)O)N2C(=O)C(NC(=O)/C(=N/OCF)c3nsc(N)n3)C2SC1)C(N)=NC1CCC(N)CC1. The Morgan fingerprint density at radius 2 is 2.08 bits per heavy atom. The molecule has 0 radical (unpaired) electrons. The number of oxime groups is 1. The molecule has 1 saturated heterocycles. The molecule has 0 spiro atoms. The van der Waals surface area contributed by atoms with Crippen molar-refractivity contribution >= 4 is 64.1 Å². The number of guanidine groups is 1. The zero-order valence-electron chi connectivity index (χ0n) is 21.3. The van der Waals surface area contributed by atoms with Gasteiger partial charge in [-0.15, -0.1) is 11.8 Å². The van der Waals surface area contributed by atoms with E-state index in [1.807, 2.05) is 0 Å². The lowest BCUT2D eigenvalue weighted by Crippen LogP contribution is -2.71. The van der Waals surface area contributed by atoms with E-state index < -0.39 is 41.8 Å². The number of hydrogen-bond acceptors (Lipinski definition) is 13. The lowest BCUT2D eigenvalue weighted by Gasteiger charge is -2.49. The number of amides is 2. The number of carbonyl (C=O) groups excluding carboxylic acids is 2. The van der Waals surface area contributed by atoms with E-state index in [4.69, 9.17) is 17.2 Å². The number of rotatable bonds is 9. The van der Waals surface area contributed by atoms with Gasteiger partial charge in [0.1, 0.15) is 17.1 Å². The minimum atomic E-state index is -1.34. The van der Waals surface area contributed by atoms with Crippen molar-refractivity contribution in [1.82, 2.24) is 24.6 Å². The fourth-order valence-electron chi connectivity index (χ4n) is 4.27. The minimum absolute atomic E-state index is 0.0345. The topological polar surface area (TPSA) is 240 Å². The number of hydrazone groups is 1. The standard InChI is InChI=1S/C21H28FN11O5S2/c1-32(20(24)27-11-4-2-10(23)3-5-11)26-6-9-7-39-18-13(17(35)33(18)14(9)19(36)37)28-16(34)12(30-38-8-22)15-29-21(25)40-31-15/h6,10-11,13,18H,2-5,7-8,23H2,1H3,(H2,24,27)(H,28,34)(H,36,37)(H2,25,29,31)/b26-6+,30-12+. The van der Waals surface area contributed by atoms with Crippen LogP contribution in [0.25, 0.3) is 0 Å². The Kier molecular flexibility index (Phi) is 9.15. The van der Waals surface area contributed by atoms with Crippen LogP contribution in [0.4, 0.5) is 9.52 Å². The largest absolute Gasteiger partial charge is 0.477 e. The van der Waals surface area contributed by atoms with E-state index in [2.05, 4.69) is 34.8 Å². The molecule has 3 heterocycles. The first-order valence-electron chi connectivity index (χ1n) is 12.0. The first-order chi connectivity index (χ1) is 19.1. The zero-order chi connectivity index (χ0) is 29.0. The van der Waals surface area contributed by atoms with Crippen LogP contribution in [0.15, 0.2) is 26.5 Å². The molecule has 1 aliphatic carbocycles. The van der Waals surface area contributed by atoms with Gasteiger partial charge in [-0.2, -0.15) is 14.5 Å². The Hall–Kier alpha value is -3.84. The summed E-state index contributed by atoms with van der Waals surface area (Å²) in [6.07, 6.45) is 4.70. The van der Waals surface area contributed by atoms with Gasteiger partial charge in [0.2, 0.25) is 17.5 Å². The predicted molar refractivity (Wildman–Crippen MR) is 146 cm³/mol. The molecule has 16 nitrogen and oxygen atoms in total.